The highest BCUT2D eigenvalue weighted by molar-refractivity contribution is 5.80. The van der Waals surface area contributed by atoms with Crippen LogP contribution in [-0.2, 0) is 10.4 Å². The number of carbonyl (C=O) groups excluding carboxylic acids is 1. The van der Waals surface area contributed by atoms with Crippen molar-refractivity contribution in [2.45, 2.75) is 12.0 Å². The number of hydrogen-bond donors (Lipinski definition) is 6. The Kier molecular flexibility index (Phi) is 3.99. The lowest BCUT2D eigenvalue weighted by molar-refractivity contribution is -0.133. The van der Waals surface area contributed by atoms with Crippen LogP contribution >= 0.6 is 0 Å². The largest absolute Gasteiger partial charge is 0.504 e. The number of hydrogen-bond acceptors (Lipinski definition) is 7. The van der Waals surface area contributed by atoms with Gasteiger partial charge >= 0.3 is 0 Å². The molecular formula is C17H15NO7. The number of phenols is 3. The zero-order valence-corrected chi connectivity index (χ0v) is 12.8. The van der Waals surface area contributed by atoms with E-state index < -0.39 is 35.2 Å². The van der Waals surface area contributed by atoms with Crippen LogP contribution in [0.15, 0.2) is 42.5 Å². The van der Waals surface area contributed by atoms with Crippen LogP contribution in [0.3, 0.4) is 0 Å². The van der Waals surface area contributed by atoms with Gasteiger partial charge in [0.05, 0.1) is 6.42 Å². The van der Waals surface area contributed by atoms with Crippen molar-refractivity contribution in [1.29, 1.82) is 0 Å². The first-order valence-corrected chi connectivity index (χ1v) is 7.25. The Hall–Kier alpha value is -3.23. The van der Waals surface area contributed by atoms with Crippen molar-refractivity contribution in [3.05, 3.63) is 53.6 Å². The second-order valence-electron chi connectivity index (χ2n) is 5.58. The minimum atomic E-state index is -2.01. The van der Waals surface area contributed by atoms with Crippen LogP contribution in [0.2, 0.25) is 0 Å². The fourth-order valence-electron chi connectivity index (χ4n) is 2.66. The van der Waals surface area contributed by atoms with Gasteiger partial charge in [0.1, 0.15) is 11.4 Å². The average molecular weight is 345 g/mol. The summed E-state index contributed by atoms with van der Waals surface area (Å²) in [5, 5.41) is 49.2. The van der Waals surface area contributed by atoms with Crippen molar-refractivity contribution in [2.24, 2.45) is 0 Å². The second kappa shape index (κ2) is 6.00. The number of rotatable bonds is 3. The number of benzene rings is 2. The van der Waals surface area contributed by atoms with E-state index in [1.54, 1.807) is 30.3 Å². The van der Waals surface area contributed by atoms with E-state index in [-0.39, 0.29) is 17.1 Å². The minimum absolute atomic E-state index is 0.127. The van der Waals surface area contributed by atoms with Gasteiger partial charge in [0.2, 0.25) is 17.4 Å². The van der Waals surface area contributed by atoms with Crippen LogP contribution in [0.5, 0.6) is 23.0 Å². The van der Waals surface area contributed by atoms with Crippen molar-refractivity contribution in [3.8, 4) is 23.0 Å². The van der Waals surface area contributed by atoms with E-state index in [0.717, 1.165) is 6.07 Å². The van der Waals surface area contributed by atoms with Gasteiger partial charge < -0.3 is 25.2 Å². The summed E-state index contributed by atoms with van der Waals surface area (Å²) in [4.78, 5) is 11.6. The Balaban J connectivity index is 2.20. The molecule has 1 atom stereocenters. The van der Waals surface area contributed by atoms with Crippen molar-refractivity contribution < 1.29 is 35.2 Å². The van der Waals surface area contributed by atoms with Gasteiger partial charge in [0.25, 0.3) is 0 Å². The Bertz CT molecular complexity index is 863. The first-order chi connectivity index (χ1) is 11.9. The molecule has 1 aliphatic rings. The van der Waals surface area contributed by atoms with Gasteiger partial charge in [0, 0.05) is 11.1 Å². The van der Waals surface area contributed by atoms with Crippen LogP contribution in [0.25, 0.3) is 5.76 Å². The van der Waals surface area contributed by atoms with Gasteiger partial charge in [-0.3, -0.25) is 10.0 Å². The maximum atomic E-state index is 11.6. The predicted octanol–water partition coefficient (Wildman–Crippen LogP) is 1.32. The van der Waals surface area contributed by atoms with Crippen LogP contribution in [0, 0.1) is 0 Å². The minimum Gasteiger partial charge on any atom is -0.504 e. The highest BCUT2D eigenvalue weighted by Gasteiger charge is 2.40. The molecule has 0 aromatic heterocycles. The third-order valence-electron chi connectivity index (χ3n) is 3.87. The van der Waals surface area contributed by atoms with Crippen LogP contribution in [0.4, 0.5) is 0 Å². The Morgan fingerprint density at radius 3 is 2.44 bits per heavy atom. The summed E-state index contributed by atoms with van der Waals surface area (Å²) in [6.07, 6.45) is 0.621. The molecule has 2 aromatic carbocycles. The molecule has 0 saturated carbocycles. The maximum absolute atomic E-state index is 11.6. The zero-order chi connectivity index (χ0) is 18.2. The topological polar surface area (TPSA) is 139 Å². The lowest BCUT2D eigenvalue weighted by atomic mass is 9.85. The number of fused-ring (bicyclic) bond motifs is 1. The van der Waals surface area contributed by atoms with Crippen molar-refractivity contribution in [3.63, 3.8) is 0 Å². The molecule has 1 amide bonds. The van der Waals surface area contributed by atoms with Gasteiger partial charge in [0.15, 0.2) is 11.5 Å². The van der Waals surface area contributed by atoms with Gasteiger partial charge in [-0.1, -0.05) is 30.3 Å². The molecule has 1 aliphatic heterocycles. The third kappa shape index (κ3) is 2.84. The number of aliphatic hydroxyl groups is 1. The lowest BCUT2D eigenvalue weighted by Gasteiger charge is -2.32. The van der Waals surface area contributed by atoms with E-state index in [4.69, 9.17) is 9.94 Å². The molecule has 0 spiro atoms. The molecule has 0 aliphatic carbocycles. The van der Waals surface area contributed by atoms with Gasteiger partial charge in [-0.25, -0.2) is 5.48 Å². The van der Waals surface area contributed by atoms with E-state index >= 15 is 0 Å². The first-order valence-electron chi connectivity index (χ1n) is 7.25. The number of carbonyl (C=O) groups is 1. The van der Waals surface area contributed by atoms with Gasteiger partial charge in [-0.2, -0.15) is 0 Å². The van der Waals surface area contributed by atoms with Crippen LogP contribution in [-0.4, -0.2) is 31.5 Å². The fraction of sp³-hybridized carbons (Fsp3) is 0.118. The monoisotopic (exact) mass is 345 g/mol. The highest BCUT2D eigenvalue weighted by Crippen LogP contribution is 2.52. The summed E-state index contributed by atoms with van der Waals surface area (Å²) in [7, 11) is 0. The molecule has 8 nitrogen and oxygen atoms in total. The first kappa shape index (κ1) is 16.6. The summed E-state index contributed by atoms with van der Waals surface area (Å²) in [5.74, 6) is -3.36. The molecule has 0 radical (unpaired) electrons. The number of nitrogens with one attached hydrogen (secondary N) is 1. The molecule has 130 valence electrons. The van der Waals surface area contributed by atoms with Crippen molar-refractivity contribution in [2.75, 3.05) is 0 Å². The standard InChI is InChI=1S/C17H15NO7/c19-11-6-10-16(15(22)14(11)21)25-12(9-4-2-1-3-5-9)7-17(10,23)8-13(20)18-24/h1-7,19,21-24H,8H2,(H,18,20). The summed E-state index contributed by atoms with van der Waals surface area (Å²) in [6.45, 7) is 0. The highest BCUT2D eigenvalue weighted by atomic mass is 16.5. The zero-order valence-electron chi connectivity index (χ0n) is 12.8. The molecule has 3 rings (SSSR count). The van der Waals surface area contributed by atoms with Gasteiger partial charge in [-0.15, -0.1) is 0 Å². The van der Waals surface area contributed by atoms with Crippen LogP contribution in [0.1, 0.15) is 17.5 Å². The van der Waals surface area contributed by atoms with E-state index in [2.05, 4.69) is 0 Å². The summed E-state index contributed by atoms with van der Waals surface area (Å²) >= 11 is 0. The Labute approximate surface area is 141 Å². The number of phenolic OH excluding ortho intramolecular Hbond substituents is 3. The second-order valence-corrected chi connectivity index (χ2v) is 5.58. The third-order valence-corrected chi connectivity index (χ3v) is 3.87. The fourth-order valence-corrected chi connectivity index (χ4v) is 2.66. The Morgan fingerprint density at radius 2 is 1.80 bits per heavy atom. The van der Waals surface area contributed by atoms with E-state index in [1.165, 1.54) is 11.6 Å². The average Bonchev–Trinajstić information content (AvgIpc) is 2.61. The summed E-state index contributed by atoms with van der Waals surface area (Å²) < 4.78 is 5.58. The maximum Gasteiger partial charge on any atom is 0.246 e. The molecule has 6 N–H and O–H groups in total. The predicted molar refractivity (Wildman–Crippen MR) is 84.9 cm³/mol. The molecule has 0 fully saturated rings. The molecule has 8 heteroatoms. The summed E-state index contributed by atoms with van der Waals surface area (Å²) in [6, 6.07) is 9.56. The van der Waals surface area contributed by atoms with Crippen LogP contribution < -0.4 is 10.2 Å². The smallest absolute Gasteiger partial charge is 0.246 e. The number of aromatic hydroxyl groups is 3. The quantitative estimate of drug-likeness (QED) is 0.280. The molecule has 0 bridgehead atoms. The molecule has 1 heterocycles. The molecule has 0 saturated heterocycles. The summed E-state index contributed by atoms with van der Waals surface area (Å²) in [5.41, 5.74) is -0.177. The molecule has 2 aromatic rings. The van der Waals surface area contributed by atoms with Crippen molar-refractivity contribution >= 4 is 11.7 Å². The lowest BCUT2D eigenvalue weighted by Crippen LogP contribution is -2.34. The van der Waals surface area contributed by atoms with E-state index in [0.29, 0.717) is 5.56 Å². The molecular weight excluding hydrogens is 330 g/mol. The SMILES string of the molecule is O=C(CC1(O)C=C(c2ccccc2)Oc2c1cc(O)c(O)c2O)NO. The molecule has 1 unspecified atom stereocenters. The van der Waals surface area contributed by atoms with E-state index in [1.807, 2.05) is 0 Å². The van der Waals surface area contributed by atoms with E-state index in [9.17, 15) is 25.2 Å². The number of amides is 1. The normalized spacial score (nSPS) is 18.7. The number of hydroxylamine groups is 1. The van der Waals surface area contributed by atoms with Crippen molar-refractivity contribution in [1.82, 2.24) is 5.48 Å². The molecule has 25 heavy (non-hydrogen) atoms. The number of ether oxygens (including phenoxy) is 1. The Morgan fingerprint density at radius 1 is 1.12 bits per heavy atom. The van der Waals surface area contributed by atoms with Gasteiger partial charge in [-0.05, 0) is 12.1 Å².